The molecule has 19 heavy (non-hydrogen) atoms. The molecule has 2 aromatic rings. The predicted molar refractivity (Wildman–Crippen MR) is 76.8 cm³/mol. The highest BCUT2D eigenvalue weighted by molar-refractivity contribution is 7.09. The van der Waals surface area contributed by atoms with Crippen molar-refractivity contribution in [1.82, 2.24) is 4.98 Å². The fourth-order valence-corrected chi connectivity index (χ4v) is 2.60. The van der Waals surface area contributed by atoms with E-state index < -0.39 is 5.97 Å². The van der Waals surface area contributed by atoms with Gasteiger partial charge in [-0.2, -0.15) is 0 Å². The van der Waals surface area contributed by atoms with E-state index in [9.17, 15) is 4.79 Å². The molecule has 0 aliphatic rings. The molecule has 1 aromatic carbocycles. The summed E-state index contributed by atoms with van der Waals surface area (Å²) in [5.41, 5.74) is 9.88. The van der Waals surface area contributed by atoms with Crippen molar-refractivity contribution < 1.29 is 9.90 Å². The second-order valence-electron chi connectivity index (χ2n) is 4.29. The molecule has 0 radical (unpaired) electrons. The number of hydrogen-bond donors (Lipinski definition) is 2. The Balaban J connectivity index is 2.20. The highest BCUT2D eigenvalue weighted by atomic mass is 32.1. The first-order chi connectivity index (χ1) is 8.99. The van der Waals surface area contributed by atoms with E-state index >= 15 is 0 Å². The first-order valence-electron chi connectivity index (χ1n) is 5.72. The molecule has 100 valence electrons. The van der Waals surface area contributed by atoms with Crippen molar-refractivity contribution >= 4 is 28.7 Å². The van der Waals surface area contributed by atoms with Gasteiger partial charge in [0.2, 0.25) is 0 Å². The lowest BCUT2D eigenvalue weighted by atomic mass is 10.1. The van der Waals surface area contributed by atoms with Gasteiger partial charge in [-0.15, -0.1) is 11.3 Å². The zero-order valence-corrected chi connectivity index (χ0v) is 11.6. The maximum Gasteiger partial charge on any atom is 0.337 e. The van der Waals surface area contributed by atoms with Crippen LogP contribution in [0.15, 0.2) is 23.7 Å². The second-order valence-corrected chi connectivity index (χ2v) is 5.23. The fraction of sp³-hybridized carbons (Fsp3) is 0.231. The van der Waals surface area contributed by atoms with Crippen molar-refractivity contribution in [1.29, 1.82) is 0 Å². The highest BCUT2D eigenvalue weighted by Gasteiger charge is 2.11. The number of thiazole rings is 1. The minimum atomic E-state index is -1.01. The number of aromatic nitrogens is 1. The van der Waals surface area contributed by atoms with Gasteiger partial charge in [0.05, 0.1) is 23.3 Å². The van der Waals surface area contributed by atoms with E-state index in [4.69, 9.17) is 10.8 Å². The van der Waals surface area contributed by atoms with Gasteiger partial charge in [-0.05, 0) is 25.1 Å². The van der Waals surface area contributed by atoms with Gasteiger partial charge in [0.25, 0.3) is 0 Å². The minimum Gasteiger partial charge on any atom is -0.478 e. The summed E-state index contributed by atoms with van der Waals surface area (Å²) in [6.45, 7) is 2.70. The van der Waals surface area contributed by atoms with Gasteiger partial charge in [-0.3, -0.25) is 0 Å². The zero-order valence-electron chi connectivity index (χ0n) is 10.8. The van der Waals surface area contributed by atoms with Gasteiger partial charge in [0, 0.05) is 23.3 Å². The molecular weight excluding hydrogens is 262 g/mol. The maximum atomic E-state index is 10.9. The molecule has 2 rings (SSSR count). The van der Waals surface area contributed by atoms with Crippen LogP contribution in [0.4, 0.5) is 11.4 Å². The summed E-state index contributed by atoms with van der Waals surface area (Å²) >= 11 is 1.61. The van der Waals surface area contributed by atoms with Gasteiger partial charge < -0.3 is 15.7 Å². The molecule has 0 saturated carbocycles. The Kier molecular flexibility index (Phi) is 3.71. The third-order valence-electron chi connectivity index (χ3n) is 2.93. The first kappa shape index (κ1) is 13.4. The standard InChI is InChI=1S/C13H15N3O2S/c1-8-12(19-7-15-8)6-16(2)9-3-4-10(13(17)18)11(14)5-9/h3-5,7H,6,14H2,1-2H3,(H,17,18). The Labute approximate surface area is 115 Å². The number of rotatable bonds is 4. The Bertz CT molecular complexity index is 610. The number of carbonyl (C=O) groups is 1. The van der Waals surface area contributed by atoms with E-state index in [1.165, 1.54) is 10.9 Å². The lowest BCUT2D eigenvalue weighted by molar-refractivity contribution is 0.0698. The molecule has 0 amide bonds. The Morgan fingerprint density at radius 3 is 2.79 bits per heavy atom. The molecule has 0 saturated heterocycles. The van der Waals surface area contributed by atoms with Gasteiger partial charge >= 0.3 is 5.97 Å². The molecule has 0 aliphatic carbocycles. The third kappa shape index (κ3) is 2.85. The molecule has 3 N–H and O–H groups in total. The van der Waals surface area contributed by atoms with Crippen molar-refractivity contribution in [2.75, 3.05) is 17.7 Å². The number of nitrogen functional groups attached to an aromatic ring is 1. The van der Waals surface area contributed by atoms with E-state index in [1.54, 1.807) is 23.5 Å². The first-order valence-corrected chi connectivity index (χ1v) is 6.60. The van der Waals surface area contributed by atoms with Crippen LogP contribution in [0.5, 0.6) is 0 Å². The Morgan fingerprint density at radius 2 is 2.26 bits per heavy atom. The zero-order chi connectivity index (χ0) is 14.0. The van der Waals surface area contributed by atoms with E-state index in [0.29, 0.717) is 0 Å². The quantitative estimate of drug-likeness (QED) is 0.839. The van der Waals surface area contributed by atoms with Crippen LogP contribution in [0.25, 0.3) is 0 Å². The minimum absolute atomic E-state index is 0.131. The van der Waals surface area contributed by atoms with Crippen LogP contribution in [-0.2, 0) is 6.54 Å². The van der Waals surface area contributed by atoms with Crippen molar-refractivity contribution in [3.05, 3.63) is 39.8 Å². The monoisotopic (exact) mass is 277 g/mol. The lowest BCUT2D eigenvalue weighted by Crippen LogP contribution is -2.17. The van der Waals surface area contributed by atoms with Gasteiger partial charge in [-0.1, -0.05) is 0 Å². The SMILES string of the molecule is Cc1ncsc1CN(C)c1ccc(C(=O)O)c(N)c1. The summed E-state index contributed by atoms with van der Waals surface area (Å²) in [7, 11) is 1.94. The summed E-state index contributed by atoms with van der Waals surface area (Å²) < 4.78 is 0. The predicted octanol–water partition coefficient (Wildman–Crippen LogP) is 2.37. The van der Waals surface area contributed by atoms with Gasteiger partial charge in [-0.25, -0.2) is 9.78 Å². The molecular formula is C13H15N3O2S. The highest BCUT2D eigenvalue weighted by Crippen LogP contribution is 2.23. The summed E-state index contributed by atoms with van der Waals surface area (Å²) in [5, 5.41) is 8.94. The van der Waals surface area contributed by atoms with Crippen molar-refractivity contribution in [2.24, 2.45) is 0 Å². The van der Waals surface area contributed by atoms with Crippen molar-refractivity contribution in [3.8, 4) is 0 Å². The number of anilines is 2. The normalized spacial score (nSPS) is 10.4. The molecule has 0 aliphatic heterocycles. The number of nitrogens with two attached hydrogens (primary N) is 1. The molecule has 0 spiro atoms. The van der Waals surface area contributed by atoms with Gasteiger partial charge in [0.15, 0.2) is 0 Å². The third-order valence-corrected chi connectivity index (χ3v) is 3.85. The summed E-state index contributed by atoms with van der Waals surface area (Å²) in [6.07, 6.45) is 0. The maximum absolute atomic E-state index is 10.9. The smallest absolute Gasteiger partial charge is 0.337 e. The van der Waals surface area contributed by atoms with Crippen LogP contribution in [0, 0.1) is 6.92 Å². The average Bonchev–Trinajstić information content (AvgIpc) is 2.74. The van der Waals surface area contributed by atoms with E-state index in [2.05, 4.69) is 4.98 Å². The largest absolute Gasteiger partial charge is 0.478 e. The summed E-state index contributed by atoms with van der Waals surface area (Å²) in [5.74, 6) is -1.01. The Hall–Kier alpha value is -2.08. The lowest BCUT2D eigenvalue weighted by Gasteiger charge is -2.19. The topological polar surface area (TPSA) is 79.5 Å². The fourth-order valence-electron chi connectivity index (χ4n) is 1.77. The molecule has 1 aromatic heterocycles. The van der Waals surface area contributed by atoms with Crippen molar-refractivity contribution in [3.63, 3.8) is 0 Å². The number of aromatic carboxylic acids is 1. The second kappa shape index (κ2) is 5.27. The average molecular weight is 277 g/mol. The molecule has 1 heterocycles. The van der Waals surface area contributed by atoms with Crippen molar-refractivity contribution in [2.45, 2.75) is 13.5 Å². The molecule has 0 bridgehead atoms. The Morgan fingerprint density at radius 1 is 1.53 bits per heavy atom. The summed E-state index contributed by atoms with van der Waals surface area (Å²) in [6, 6.07) is 4.97. The molecule has 0 atom stereocenters. The van der Waals surface area contributed by atoms with Crippen LogP contribution in [0.2, 0.25) is 0 Å². The van der Waals surface area contributed by atoms with Crippen LogP contribution < -0.4 is 10.6 Å². The molecule has 6 heteroatoms. The number of carboxylic acids is 1. The number of carboxylic acid groups (broad SMARTS) is 1. The van der Waals surface area contributed by atoms with Crippen LogP contribution in [-0.4, -0.2) is 23.1 Å². The number of hydrogen-bond acceptors (Lipinski definition) is 5. The van der Waals surface area contributed by atoms with Crippen LogP contribution in [0.3, 0.4) is 0 Å². The molecule has 5 nitrogen and oxygen atoms in total. The molecule has 0 fully saturated rings. The number of aryl methyl sites for hydroxylation is 1. The number of benzene rings is 1. The van der Waals surface area contributed by atoms with E-state index in [0.717, 1.165) is 17.9 Å². The summed E-state index contributed by atoms with van der Waals surface area (Å²) in [4.78, 5) is 18.3. The van der Waals surface area contributed by atoms with Crippen LogP contribution >= 0.6 is 11.3 Å². The number of nitrogens with zero attached hydrogens (tertiary/aromatic N) is 2. The van der Waals surface area contributed by atoms with E-state index in [1.807, 2.05) is 24.4 Å². The van der Waals surface area contributed by atoms with Crippen LogP contribution in [0.1, 0.15) is 20.9 Å². The van der Waals surface area contributed by atoms with E-state index in [-0.39, 0.29) is 11.3 Å². The molecule has 0 unspecified atom stereocenters. The van der Waals surface area contributed by atoms with Gasteiger partial charge in [0.1, 0.15) is 0 Å².